The molecule has 7 nitrogen and oxygen atoms in total. The van der Waals surface area contributed by atoms with Gasteiger partial charge in [0.2, 0.25) is 0 Å². The van der Waals surface area contributed by atoms with Gasteiger partial charge in [0.25, 0.3) is 17.4 Å². The largest absolute Gasteiger partial charge is 0.496 e. The van der Waals surface area contributed by atoms with Crippen LogP contribution in [-0.2, 0) is 0 Å². The molecule has 3 aromatic rings. The molecule has 1 aliphatic rings. The number of amides is 2. The highest BCUT2D eigenvalue weighted by Crippen LogP contribution is 2.32. The van der Waals surface area contributed by atoms with Crippen molar-refractivity contribution < 1.29 is 14.3 Å². The molecule has 0 fully saturated rings. The van der Waals surface area contributed by atoms with Gasteiger partial charge in [-0.15, -0.1) is 0 Å². The van der Waals surface area contributed by atoms with Crippen LogP contribution in [0.25, 0.3) is 16.5 Å². The topological polar surface area (TPSA) is 103 Å². The van der Waals surface area contributed by atoms with Crippen molar-refractivity contribution in [1.29, 1.82) is 0 Å². The molecule has 0 spiro atoms. The fourth-order valence-corrected chi connectivity index (χ4v) is 3.16. The smallest absolute Gasteiger partial charge is 0.262 e. The van der Waals surface area contributed by atoms with Crippen molar-refractivity contribution in [3.63, 3.8) is 0 Å². The zero-order valence-electron chi connectivity index (χ0n) is 13.2. The van der Waals surface area contributed by atoms with Crippen LogP contribution < -0.4 is 21.3 Å². The molecule has 0 radical (unpaired) electrons. The SMILES string of the molecule is COc1ccc(-n2c(N)c3c(cc2=O)C(=O)NC3=O)c2ccccc12. The Labute approximate surface area is 141 Å². The van der Waals surface area contributed by atoms with E-state index >= 15 is 0 Å². The minimum atomic E-state index is -0.615. The molecule has 2 amide bonds. The zero-order valence-corrected chi connectivity index (χ0v) is 13.2. The zero-order chi connectivity index (χ0) is 17.7. The summed E-state index contributed by atoms with van der Waals surface area (Å²) in [5.41, 5.74) is 6.14. The Morgan fingerprint density at radius 2 is 1.72 bits per heavy atom. The number of benzene rings is 2. The van der Waals surface area contributed by atoms with Crippen molar-refractivity contribution >= 4 is 28.4 Å². The van der Waals surface area contributed by atoms with Crippen LogP contribution in [0.1, 0.15) is 20.7 Å². The Hall–Kier alpha value is -3.61. The Morgan fingerprint density at radius 3 is 2.44 bits per heavy atom. The number of anilines is 1. The van der Waals surface area contributed by atoms with Gasteiger partial charge >= 0.3 is 0 Å². The molecule has 0 saturated heterocycles. The number of hydrogen-bond acceptors (Lipinski definition) is 5. The van der Waals surface area contributed by atoms with Crippen molar-refractivity contribution in [2.24, 2.45) is 0 Å². The Bertz CT molecular complexity index is 1130. The highest BCUT2D eigenvalue weighted by Gasteiger charge is 2.32. The lowest BCUT2D eigenvalue weighted by atomic mass is 10.1. The number of carbonyl (C=O) groups excluding carboxylic acids is 2. The number of nitrogens with zero attached hydrogens (tertiary/aromatic N) is 1. The number of hydrogen-bond donors (Lipinski definition) is 2. The van der Waals surface area contributed by atoms with Crippen LogP contribution in [0.2, 0.25) is 0 Å². The summed E-state index contributed by atoms with van der Waals surface area (Å²) < 4.78 is 6.59. The average molecular weight is 335 g/mol. The number of ether oxygens (including phenoxy) is 1. The lowest BCUT2D eigenvalue weighted by Crippen LogP contribution is -2.24. The van der Waals surface area contributed by atoms with E-state index in [2.05, 4.69) is 5.32 Å². The van der Waals surface area contributed by atoms with Crippen LogP contribution in [0.5, 0.6) is 5.75 Å². The van der Waals surface area contributed by atoms with Gasteiger partial charge in [-0.2, -0.15) is 0 Å². The van der Waals surface area contributed by atoms with E-state index in [-0.39, 0.29) is 16.9 Å². The third-order valence-electron chi connectivity index (χ3n) is 4.28. The first-order chi connectivity index (χ1) is 12.0. The summed E-state index contributed by atoms with van der Waals surface area (Å²) in [5, 5.41) is 3.69. The molecule has 0 bridgehead atoms. The van der Waals surface area contributed by atoms with Gasteiger partial charge in [-0.05, 0) is 12.1 Å². The molecule has 0 aliphatic carbocycles. The van der Waals surface area contributed by atoms with E-state index in [0.717, 1.165) is 16.8 Å². The number of nitrogen functional groups attached to an aromatic ring is 1. The number of imide groups is 1. The summed E-state index contributed by atoms with van der Waals surface area (Å²) in [6, 6.07) is 11.9. The second-order valence-corrected chi connectivity index (χ2v) is 5.61. The Morgan fingerprint density at radius 1 is 1.00 bits per heavy atom. The Kier molecular flexibility index (Phi) is 3.11. The first kappa shape index (κ1) is 14.9. The standard InChI is InChI=1S/C18H13N3O4/c1-25-13-7-6-12(9-4-2-3-5-10(9)13)21-14(22)8-11-15(16(21)19)18(24)20-17(11)23/h2-8H,19H2,1H3,(H,20,23,24). The maximum absolute atomic E-state index is 12.6. The van der Waals surface area contributed by atoms with E-state index in [4.69, 9.17) is 10.5 Å². The van der Waals surface area contributed by atoms with Crippen molar-refractivity contribution in [2.45, 2.75) is 0 Å². The number of fused-ring (bicyclic) bond motifs is 2. The van der Waals surface area contributed by atoms with Gasteiger partial charge in [0.15, 0.2) is 0 Å². The monoisotopic (exact) mass is 335 g/mol. The Balaban J connectivity index is 2.10. The van der Waals surface area contributed by atoms with Crippen LogP contribution in [-0.4, -0.2) is 23.5 Å². The number of carbonyl (C=O) groups is 2. The van der Waals surface area contributed by atoms with Gasteiger partial charge in [0, 0.05) is 16.8 Å². The third-order valence-corrected chi connectivity index (χ3v) is 4.28. The number of nitrogens with two attached hydrogens (primary N) is 1. The second kappa shape index (κ2) is 5.20. The minimum Gasteiger partial charge on any atom is -0.496 e. The average Bonchev–Trinajstić information content (AvgIpc) is 2.88. The van der Waals surface area contributed by atoms with Crippen LogP contribution in [0.4, 0.5) is 5.82 Å². The predicted molar refractivity (Wildman–Crippen MR) is 92.3 cm³/mol. The van der Waals surface area contributed by atoms with Gasteiger partial charge in [0.1, 0.15) is 11.6 Å². The van der Waals surface area contributed by atoms with E-state index < -0.39 is 17.4 Å². The second-order valence-electron chi connectivity index (χ2n) is 5.61. The molecule has 0 saturated carbocycles. The molecule has 25 heavy (non-hydrogen) atoms. The molecule has 3 N–H and O–H groups in total. The number of pyridine rings is 1. The van der Waals surface area contributed by atoms with Gasteiger partial charge < -0.3 is 10.5 Å². The third kappa shape index (κ3) is 2.02. The summed E-state index contributed by atoms with van der Waals surface area (Å²) >= 11 is 0. The summed E-state index contributed by atoms with van der Waals surface area (Å²) in [4.78, 5) is 36.4. The van der Waals surface area contributed by atoms with Crippen LogP contribution in [0, 0.1) is 0 Å². The van der Waals surface area contributed by atoms with E-state index in [1.165, 1.54) is 4.57 Å². The molecule has 1 aromatic heterocycles. The molecule has 124 valence electrons. The molecule has 7 heteroatoms. The number of nitrogens with one attached hydrogen (secondary N) is 1. The van der Waals surface area contributed by atoms with Crippen molar-refractivity contribution in [3.05, 3.63) is 63.9 Å². The molecule has 2 heterocycles. The van der Waals surface area contributed by atoms with Gasteiger partial charge in [0.05, 0.1) is 23.9 Å². The fraction of sp³-hybridized carbons (Fsp3) is 0.0556. The molecule has 4 rings (SSSR count). The van der Waals surface area contributed by atoms with E-state index in [9.17, 15) is 14.4 Å². The molecular weight excluding hydrogens is 322 g/mol. The minimum absolute atomic E-state index is 0.00145. The first-order valence-corrected chi connectivity index (χ1v) is 7.50. The molecule has 2 aromatic carbocycles. The quantitative estimate of drug-likeness (QED) is 0.690. The van der Waals surface area contributed by atoms with Crippen LogP contribution in [0.15, 0.2) is 47.3 Å². The van der Waals surface area contributed by atoms with E-state index in [1.807, 2.05) is 24.3 Å². The maximum atomic E-state index is 12.6. The van der Waals surface area contributed by atoms with Crippen molar-refractivity contribution in [1.82, 2.24) is 9.88 Å². The summed E-state index contributed by atoms with van der Waals surface area (Å²) in [7, 11) is 1.56. The molecule has 0 unspecified atom stereocenters. The molecule has 0 atom stereocenters. The lowest BCUT2D eigenvalue weighted by Gasteiger charge is -2.15. The summed E-state index contributed by atoms with van der Waals surface area (Å²) in [6.07, 6.45) is 0. The van der Waals surface area contributed by atoms with Gasteiger partial charge in [-0.3, -0.25) is 24.3 Å². The predicted octanol–water partition coefficient (Wildman–Crippen LogP) is 1.47. The number of methoxy groups -OCH3 is 1. The molecular formula is C18H13N3O4. The van der Waals surface area contributed by atoms with Gasteiger partial charge in [-0.25, -0.2) is 0 Å². The van der Waals surface area contributed by atoms with E-state index in [0.29, 0.717) is 11.4 Å². The summed E-state index contributed by atoms with van der Waals surface area (Å²) in [5.74, 6) is -0.638. The summed E-state index contributed by atoms with van der Waals surface area (Å²) in [6.45, 7) is 0. The normalized spacial score (nSPS) is 13.0. The van der Waals surface area contributed by atoms with Crippen molar-refractivity contribution in [3.8, 4) is 11.4 Å². The van der Waals surface area contributed by atoms with Crippen LogP contribution in [0.3, 0.4) is 0 Å². The maximum Gasteiger partial charge on any atom is 0.262 e. The van der Waals surface area contributed by atoms with Crippen molar-refractivity contribution in [2.75, 3.05) is 12.8 Å². The number of aromatic nitrogens is 1. The first-order valence-electron chi connectivity index (χ1n) is 7.50. The van der Waals surface area contributed by atoms with Crippen LogP contribution >= 0.6 is 0 Å². The van der Waals surface area contributed by atoms with Gasteiger partial charge in [-0.1, -0.05) is 24.3 Å². The molecule has 1 aliphatic heterocycles. The highest BCUT2D eigenvalue weighted by molar-refractivity contribution is 6.23. The number of rotatable bonds is 2. The van der Waals surface area contributed by atoms with E-state index in [1.54, 1.807) is 19.2 Å². The highest BCUT2D eigenvalue weighted by atomic mass is 16.5. The lowest BCUT2D eigenvalue weighted by molar-refractivity contribution is 0.0880. The fourth-order valence-electron chi connectivity index (χ4n) is 3.16.